The van der Waals surface area contributed by atoms with Gasteiger partial charge >= 0.3 is 6.18 Å². The number of hydrogen-bond acceptors (Lipinski definition) is 5. The summed E-state index contributed by atoms with van der Waals surface area (Å²) in [4.78, 5) is 4.17. The van der Waals surface area contributed by atoms with E-state index < -0.39 is 29.5 Å². The molecule has 1 aromatic heterocycles. The molecule has 0 unspecified atom stereocenters. The third kappa shape index (κ3) is 3.80. The molecular weight excluding hydrogens is 407 g/mol. The van der Waals surface area contributed by atoms with E-state index >= 15 is 0 Å². The van der Waals surface area contributed by atoms with Gasteiger partial charge in [0.05, 0.1) is 5.56 Å². The lowest BCUT2D eigenvalue weighted by Crippen LogP contribution is -2.47. The number of aromatic nitrogens is 2. The summed E-state index contributed by atoms with van der Waals surface area (Å²) < 4.78 is 66.1. The van der Waals surface area contributed by atoms with Gasteiger partial charge in [0.2, 0.25) is 0 Å². The van der Waals surface area contributed by atoms with Crippen molar-refractivity contribution in [1.29, 1.82) is 0 Å². The van der Waals surface area contributed by atoms with Gasteiger partial charge in [-0.2, -0.15) is 13.2 Å². The van der Waals surface area contributed by atoms with Crippen LogP contribution in [0.3, 0.4) is 0 Å². The van der Waals surface area contributed by atoms with Gasteiger partial charge in [0, 0.05) is 30.3 Å². The maximum atomic E-state index is 13.8. The van der Waals surface area contributed by atoms with E-state index in [0.717, 1.165) is 38.1 Å². The Hall–Kier alpha value is -2.49. The number of halogens is 5. The number of phenolic OH excluding ortho intramolecular Hbond substituents is 1. The highest BCUT2D eigenvalue weighted by Gasteiger charge is 2.39. The number of piperidine rings is 1. The fourth-order valence-electron chi connectivity index (χ4n) is 4.40. The van der Waals surface area contributed by atoms with E-state index in [9.17, 15) is 27.1 Å². The molecule has 0 saturated carbocycles. The molecule has 0 amide bonds. The van der Waals surface area contributed by atoms with E-state index in [1.807, 2.05) is 11.9 Å². The number of likely N-dealkylation sites (N-methyl/N-ethyl adjacent to an activating group) is 1. The van der Waals surface area contributed by atoms with Gasteiger partial charge in [-0.25, -0.2) is 8.78 Å². The van der Waals surface area contributed by atoms with Gasteiger partial charge in [0.25, 0.3) is 6.43 Å². The molecule has 30 heavy (non-hydrogen) atoms. The quantitative estimate of drug-likeness (QED) is 0.738. The van der Waals surface area contributed by atoms with Crippen molar-refractivity contribution in [2.45, 2.75) is 31.5 Å². The summed E-state index contributed by atoms with van der Waals surface area (Å²) in [7, 11) is 2.01. The van der Waals surface area contributed by atoms with Crippen molar-refractivity contribution < 1.29 is 27.1 Å². The first-order valence-corrected chi connectivity index (χ1v) is 9.66. The van der Waals surface area contributed by atoms with Crippen LogP contribution in [0.2, 0.25) is 0 Å². The van der Waals surface area contributed by atoms with Crippen LogP contribution in [0.15, 0.2) is 24.3 Å². The molecule has 2 fully saturated rings. The van der Waals surface area contributed by atoms with Crippen LogP contribution < -0.4 is 4.90 Å². The van der Waals surface area contributed by atoms with Gasteiger partial charge in [-0.3, -0.25) is 0 Å². The summed E-state index contributed by atoms with van der Waals surface area (Å²) in [5.74, 6) is 0.0174. The van der Waals surface area contributed by atoms with E-state index in [1.165, 1.54) is 6.07 Å². The van der Waals surface area contributed by atoms with Crippen molar-refractivity contribution in [3.05, 3.63) is 35.4 Å². The highest BCUT2D eigenvalue weighted by atomic mass is 19.4. The molecule has 4 rings (SSSR count). The maximum Gasteiger partial charge on any atom is 0.416 e. The first kappa shape index (κ1) is 20.8. The summed E-state index contributed by atoms with van der Waals surface area (Å²) in [6.07, 6.45) is -5.60. The second-order valence-electron chi connectivity index (χ2n) is 7.90. The Balaban J connectivity index is 1.70. The van der Waals surface area contributed by atoms with Gasteiger partial charge in [-0.05, 0) is 56.6 Å². The predicted octanol–water partition coefficient (Wildman–Crippen LogP) is 4.34. The Labute approximate surface area is 170 Å². The van der Waals surface area contributed by atoms with Crippen molar-refractivity contribution in [2.24, 2.45) is 5.92 Å². The zero-order chi connectivity index (χ0) is 21.6. The number of phenols is 1. The van der Waals surface area contributed by atoms with Crippen LogP contribution in [0.5, 0.6) is 5.75 Å². The van der Waals surface area contributed by atoms with Crippen LogP contribution in [0, 0.1) is 5.92 Å². The normalized spacial score (nSPS) is 22.6. The highest BCUT2D eigenvalue weighted by molar-refractivity contribution is 5.71. The molecule has 3 heterocycles. The molecule has 2 aliphatic heterocycles. The Morgan fingerprint density at radius 1 is 1.10 bits per heavy atom. The predicted molar refractivity (Wildman–Crippen MR) is 100 cm³/mol. The van der Waals surface area contributed by atoms with Crippen molar-refractivity contribution >= 4 is 5.82 Å². The third-order valence-corrected chi connectivity index (χ3v) is 5.99. The average Bonchev–Trinajstić information content (AvgIpc) is 3.09. The van der Waals surface area contributed by atoms with Gasteiger partial charge in [-0.1, -0.05) is 0 Å². The zero-order valence-corrected chi connectivity index (χ0v) is 16.2. The molecule has 0 bridgehead atoms. The summed E-state index contributed by atoms with van der Waals surface area (Å²) in [6.45, 7) is 2.48. The van der Waals surface area contributed by atoms with E-state index in [4.69, 9.17) is 0 Å². The number of hydrogen-bond donors (Lipinski definition) is 1. The van der Waals surface area contributed by atoms with E-state index in [1.54, 1.807) is 0 Å². The number of fused-ring (bicyclic) bond motifs is 1. The van der Waals surface area contributed by atoms with Crippen LogP contribution in [-0.2, 0) is 6.18 Å². The molecule has 1 aromatic carbocycles. The molecule has 0 radical (unpaired) electrons. The van der Waals surface area contributed by atoms with Crippen LogP contribution in [0.25, 0.3) is 11.3 Å². The van der Waals surface area contributed by atoms with Gasteiger partial charge in [0.1, 0.15) is 11.4 Å². The van der Waals surface area contributed by atoms with E-state index in [-0.39, 0.29) is 17.3 Å². The molecular formula is C20H21F5N4O. The minimum Gasteiger partial charge on any atom is -0.507 e. The monoisotopic (exact) mass is 428 g/mol. The second kappa shape index (κ2) is 7.64. The van der Waals surface area contributed by atoms with Gasteiger partial charge in [-0.15, -0.1) is 10.2 Å². The Kier molecular flexibility index (Phi) is 5.29. The van der Waals surface area contributed by atoms with Gasteiger partial charge < -0.3 is 14.9 Å². The average molecular weight is 428 g/mol. The highest BCUT2D eigenvalue weighted by Crippen LogP contribution is 2.40. The molecule has 2 saturated heterocycles. The molecule has 5 nitrogen and oxygen atoms in total. The van der Waals surface area contributed by atoms with Crippen molar-refractivity contribution in [3.63, 3.8) is 0 Å². The fourth-order valence-corrected chi connectivity index (χ4v) is 4.40. The number of aromatic hydroxyl groups is 1. The Bertz CT molecular complexity index is 936. The Morgan fingerprint density at radius 3 is 2.50 bits per heavy atom. The molecule has 0 aliphatic carbocycles. The molecule has 2 atom stereocenters. The standard InChI is InChI=1S/C20H21F5N4O/c1-28-6-4-11-5-7-29(15(11)10-28)17-9-14(19(21)22)18(27-26-17)13-3-2-12(8-16(13)30)20(23,24)25/h2-3,8-9,11,15,19,30H,4-7,10H2,1H3/t11-,15-/m1/s1. The largest absolute Gasteiger partial charge is 0.507 e. The smallest absolute Gasteiger partial charge is 0.416 e. The minimum absolute atomic E-state index is 0.161. The SMILES string of the molecule is CN1CC[C@@H]2CCN(c3cc(C(F)F)c(-c4ccc(C(F)(F)F)cc4O)nn3)[C@@H]2C1. The van der Waals surface area contributed by atoms with Crippen LogP contribution in [-0.4, -0.2) is 52.9 Å². The number of likely N-dealkylation sites (tertiary alicyclic amines) is 1. The summed E-state index contributed by atoms with van der Waals surface area (Å²) in [5.41, 5.74) is -2.08. The number of rotatable bonds is 3. The lowest BCUT2D eigenvalue weighted by atomic mass is 9.92. The summed E-state index contributed by atoms with van der Waals surface area (Å²) >= 11 is 0. The van der Waals surface area contributed by atoms with Crippen LogP contribution in [0.1, 0.15) is 30.4 Å². The van der Waals surface area contributed by atoms with Crippen LogP contribution in [0.4, 0.5) is 27.8 Å². The number of nitrogens with zero attached hydrogens (tertiary/aromatic N) is 4. The molecule has 2 aromatic rings. The summed E-state index contributed by atoms with van der Waals surface area (Å²) in [5, 5.41) is 18.0. The molecule has 2 aliphatic rings. The van der Waals surface area contributed by atoms with E-state index in [2.05, 4.69) is 15.1 Å². The van der Waals surface area contributed by atoms with Crippen molar-refractivity contribution in [2.75, 3.05) is 31.6 Å². The lowest BCUT2D eigenvalue weighted by Gasteiger charge is -2.37. The topological polar surface area (TPSA) is 52.5 Å². The summed E-state index contributed by atoms with van der Waals surface area (Å²) in [6, 6.07) is 3.57. The van der Waals surface area contributed by atoms with Crippen molar-refractivity contribution in [1.82, 2.24) is 15.1 Å². The van der Waals surface area contributed by atoms with E-state index in [0.29, 0.717) is 24.3 Å². The zero-order valence-electron chi connectivity index (χ0n) is 16.2. The van der Waals surface area contributed by atoms with Crippen molar-refractivity contribution in [3.8, 4) is 17.0 Å². The fraction of sp³-hybridized carbons (Fsp3) is 0.500. The Morgan fingerprint density at radius 2 is 1.83 bits per heavy atom. The van der Waals surface area contributed by atoms with Crippen LogP contribution >= 0.6 is 0 Å². The number of alkyl halides is 5. The molecule has 0 spiro atoms. The number of benzene rings is 1. The molecule has 162 valence electrons. The lowest BCUT2D eigenvalue weighted by molar-refractivity contribution is -0.137. The first-order valence-electron chi connectivity index (χ1n) is 9.66. The minimum atomic E-state index is -4.66. The maximum absolute atomic E-state index is 13.8. The van der Waals surface area contributed by atoms with Gasteiger partial charge in [0.15, 0.2) is 5.82 Å². The third-order valence-electron chi connectivity index (χ3n) is 5.99. The molecule has 10 heteroatoms. The number of anilines is 1. The molecule has 1 N–H and O–H groups in total. The second-order valence-corrected chi connectivity index (χ2v) is 7.90. The first-order chi connectivity index (χ1) is 14.1.